The van der Waals surface area contributed by atoms with Crippen molar-refractivity contribution in [3.8, 4) is 0 Å². The molecule has 0 aliphatic rings. The van der Waals surface area contributed by atoms with Crippen molar-refractivity contribution in [3.05, 3.63) is 65.7 Å². The summed E-state index contributed by atoms with van der Waals surface area (Å²) in [6, 6.07) is 15.9. The number of carbonyl (C=O) groups excluding carboxylic acids is 1. The first-order valence-electron chi connectivity index (χ1n) is 7.34. The topological polar surface area (TPSA) is 75.3 Å². The summed E-state index contributed by atoms with van der Waals surface area (Å²) in [5.74, 6) is -0.192. The van der Waals surface area contributed by atoms with Gasteiger partial charge in [0, 0.05) is 19.5 Å². The van der Waals surface area contributed by atoms with Crippen LogP contribution in [0.1, 0.15) is 17.5 Å². The smallest absolute Gasteiger partial charge is 0.240 e. The van der Waals surface area contributed by atoms with Crippen LogP contribution in [0.25, 0.3) is 0 Å². The number of amides is 1. The third kappa shape index (κ3) is 5.50. The fourth-order valence-corrected chi connectivity index (χ4v) is 3.15. The van der Waals surface area contributed by atoms with E-state index in [1.54, 1.807) is 18.2 Å². The van der Waals surface area contributed by atoms with Gasteiger partial charge < -0.3 is 5.32 Å². The number of benzene rings is 2. The summed E-state index contributed by atoms with van der Waals surface area (Å²) < 4.78 is 26.4. The molecule has 0 fully saturated rings. The maximum absolute atomic E-state index is 12.0. The SMILES string of the molecule is Cc1cccc(CNC(=O)CCNS(=O)(=O)c2ccccc2)c1. The summed E-state index contributed by atoms with van der Waals surface area (Å²) in [5, 5.41) is 2.78. The van der Waals surface area contributed by atoms with Crippen molar-refractivity contribution in [1.82, 2.24) is 10.0 Å². The molecule has 0 spiro atoms. The Hall–Kier alpha value is -2.18. The van der Waals surface area contributed by atoms with Crippen LogP contribution in [0.15, 0.2) is 59.5 Å². The van der Waals surface area contributed by atoms with Gasteiger partial charge in [0.1, 0.15) is 0 Å². The zero-order valence-corrected chi connectivity index (χ0v) is 13.8. The second-order valence-electron chi connectivity index (χ2n) is 5.23. The van der Waals surface area contributed by atoms with Crippen LogP contribution in [0.3, 0.4) is 0 Å². The largest absolute Gasteiger partial charge is 0.352 e. The van der Waals surface area contributed by atoms with Crippen LogP contribution >= 0.6 is 0 Å². The van der Waals surface area contributed by atoms with Crippen molar-refractivity contribution in [3.63, 3.8) is 0 Å². The van der Waals surface area contributed by atoms with Crippen molar-refractivity contribution < 1.29 is 13.2 Å². The third-order valence-electron chi connectivity index (χ3n) is 3.27. The molecule has 0 aliphatic carbocycles. The summed E-state index contributed by atoms with van der Waals surface area (Å²) in [6.45, 7) is 2.49. The molecule has 122 valence electrons. The van der Waals surface area contributed by atoms with Gasteiger partial charge in [0.2, 0.25) is 15.9 Å². The fourth-order valence-electron chi connectivity index (χ4n) is 2.09. The lowest BCUT2D eigenvalue weighted by Crippen LogP contribution is -2.30. The molecule has 0 heterocycles. The number of carbonyl (C=O) groups is 1. The van der Waals surface area contributed by atoms with Gasteiger partial charge in [0.05, 0.1) is 4.90 Å². The quantitative estimate of drug-likeness (QED) is 0.814. The average Bonchev–Trinajstić information content (AvgIpc) is 2.54. The lowest BCUT2D eigenvalue weighted by atomic mass is 10.1. The lowest BCUT2D eigenvalue weighted by Gasteiger charge is -2.08. The Morgan fingerprint density at radius 3 is 2.48 bits per heavy atom. The number of hydrogen-bond acceptors (Lipinski definition) is 3. The summed E-state index contributed by atoms with van der Waals surface area (Å²) in [4.78, 5) is 12.0. The minimum Gasteiger partial charge on any atom is -0.352 e. The predicted octanol–water partition coefficient (Wildman–Crippen LogP) is 1.98. The Labute approximate surface area is 136 Å². The number of hydrogen-bond donors (Lipinski definition) is 2. The minimum atomic E-state index is -3.56. The molecule has 2 rings (SSSR count). The Bertz CT molecular complexity index is 758. The Balaban J connectivity index is 1.77. The zero-order valence-electron chi connectivity index (χ0n) is 13.0. The van der Waals surface area contributed by atoms with Gasteiger partial charge in [0.25, 0.3) is 0 Å². The molecule has 0 bridgehead atoms. The van der Waals surface area contributed by atoms with Crippen molar-refractivity contribution in [2.45, 2.75) is 24.8 Å². The molecule has 2 aromatic rings. The van der Waals surface area contributed by atoms with Gasteiger partial charge in [-0.15, -0.1) is 0 Å². The predicted molar refractivity (Wildman–Crippen MR) is 89.3 cm³/mol. The molecule has 2 N–H and O–H groups in total. The highest BCUT2D eigenvalue weighted by Gasteiger charge is 2.13. The molecule has 0 saturated heterocycles. The molecule has 2 aromatic carbocycles. The van der Waals surface area contributed by atoms with Crippen LogP contribution in [0.2, 0.25) is 0 Å². The summed E-state index contributed by atoms with van der Waals surface area (Å²) in [6.07, 6.45) is 0.0951. The lowest BCUT2D eigenvalue weighted by molar-refractivity contribution is -0.121. The molecule has 1 amide bonds. The van der Waals surface area contributed by atoms with Crippen LogP contribution in [-0.2, 0) is 21.4 Å². The third-order valence-corrected chi connectivity index (χ3v) is 4.75. The second-order valence-corrected chi connectivity index (χ2v) is 6.99. The van der Waals surface area contributed by atoms with Gasteiger partial charge in [-0.2, -0.15) is 0 Å². The fraction of sp³-hybridized carbons (Fsp3) is 0.235. The second kappa shape index (κ2) is 7.89. The molecule has 0 aromatic heterocycles. The highest BCUT2D eigenvalue weighted by Crippen LogP contribution is 2.07. The Morgan fingerprint density at radius 1 is 1.04 bits per heavy atom. The first kappa shape index (κ1) is 17.2. The molecule has 0 radical (unpaired) electrons. The molecular weight excluding hydrogens is 312 g/mol. The van der Waals surface area contributed by atoms with Crippen molar-refractivity contribution in [1.29, 1.82) is 0 Å². The standard InChI is InChI=1S/C17H20N2O3S/c1-14-6-5-7-15(12-14)13-18-17(20)10-11-19-23(21,22)16-8-3-2-4-9-16/h2-9,12,19H,10-11,13H2,1H3,(H,18,20). The van der Waals surface area contributed by atoms with Gasteiger partial charge in [-0.25, -0.2) is 13.1 Å². The molecule has 5 nitrogen and oxygen atoms in total. The number of nitrogens with one attached hydrogen (secondary N) is 2. The molecule has 0 saturated carbocycles. The Morgan fingerprint density at radius 2 is 1.78 bits per heavy atom. The number of aryl methyl sites for hydroxylation is 1. The van der Waals surface area contributed by atoms with Crippen molar-refractivity contribution >= 4 is 15.9 Å². The van der Waals surface area contributed by atoms with Gasteiger partial charge in [-0.1, -0.05) is 48.0 Å². The molecule has 23 heavy (non-hydrogen) atoms. The van der Waals surface area contributed by atoms with E-state index in [4.69, 9.17) is 0 Å². The first-order chi connectivity index (χ1) is 11.0. The molecule has 0 unspecified atom stereocenters. The van der Waals surface area contributed by atoms with E-state index in [-0.39, 0.29) is 23.8 Å². The Kier molecular flexibility index (Phi) is 5.90. The van der Waals surface area contributed by atoms with Gasteiger partial charge in [0.15, 0.2) is 0 Å². The number of sulfonamides is 1. The van der Waals surface area contributed by atoms with Gasteiger partial charge >= 0.3 is 0 Å². The van der Waals surface area contributed by atoms with Crippen LogP contribution in [0, 0.1) is 6.92 Å². The van der Waals surface area contributed by atoms with E-state index in [1.807, 2.05) is 31.2 Å². The highest BCUT2D eigenvalue weighted by atomic mass is 32.2. The first-order valence-corrected chi connectivity index (χ1v) is 8.83. The van der Waals surface area contributed by atoms with Crippen LogP contribution in [-0.4, -0.2) is 20.9 Å². The monoisotopic (exact) mass is 332 g/mol. The molecule has 0 aliphatic heterocycles. The minimum absolute atomic E-state index is 0.0663. The van der Waals surface area contributed by atoms with E-state index in [2.05, 4.69) is 10.0 Å². The van der Waals surface area contributed by atoms with Crippen LogP contribution in [0.5, 0.6) is 0 Å². The molecular formula is C17H20N2O3S. The van der Waals surface area contributed by atoms with E-state index in [0.717, 1.165) is 11.1 Å². The van der Waals surface area contributed by atoms with E-state index in [0.29, 0.717) is 6.54 Å². The normalized spacial score (nSPS) is 11.2. The number of rotatable bonds is 7. The van der Waals surface area contributed by atoms with Crippen molar-refractivity contribution in [2.24, 2.45) is 0 Å². The zero-order chi connectivity index (χ0) is 16.7. The van der Waals surface area contributed by atoms with E-state index in [9.17, 15) is 13.2 Å². The average molecular weight is 332 g/mol. The molecule has 6 heteroatoms. The van der Waals surface area contributed by atoms with E-state index < -0.39 is 10.0 Å². The van der Waals surface area contributed by atoms with E-state index >= 15 is 0 Å². The molecule has 0 atom stereocenters. The summed E-state index contributed by atoms with van der Waals surface area (Å²) in [5.41, 5.74) is 2.15. The highest BCUT2D eigenvalue weighted by molar-refractivity contribution is 7.89. The van der Waals surface area contributed by atoms with Crippen LogP contribution < -0.4 is 10.0 Å². The maximum Gasteiger partial charge on any atom is 0.240 e. The van der Waals surface area contributed by atoms with Gasteiger partial charge in [-0.3, -0.25) is 4.79 Å². The van der Waals surface area contributed by atoms with E-state index in [1.165, 1.54) is 12.1 Å². The van der Waals surface area contributed by atoms with Gasteiger partial charge in [-0.05, 0) is 24.6 Å². The summed E-state index contributed by atoms with van der Waals surface area (Å²) >= 11 is 0. The maximum atomic E-state index is 12.0. The van der Waals surface area contributed by atoms with Crippen molar-refractivity contribution in [2.75, 3.05) is 6.54 Å². The summed E-state index contributed by atoms with van der Waals surface area (Å²) in [7, 11) is -3.56. The van der Waals surface area contributed by atoms with Crippen LogP contribution in [0.4, 0.5) is 0 Å².